The average Bonchev–Trinajstić information content (AvgIpc) is 3.10. The van der Waals surface area contributed by atoms with Crippen LogP contribution in [0.25, 0.3) is 10.9 Å². The van der Waals surface area contributed by atoms with Crippen molar-refractivity contribution < 1.29 is 24.6 Å². The van der Waals surface area contributed by atoms with Crippen molar-refractivity contribution in [3.8, 4) is 0 Å². The smallest absolute Gasteiger partial charge is 0.408 e. The molecule has 4 rings (SSSR count). The molecule has 1 aliphatic rings. The fourth-order valence-electron chi connectivity index (χ4n) is 3.96. The number of carboxylic acid groups (broad SMARTS) is 2. The molecule has 4 N–H and O–H groups in total. The second kappa shape index (κ2) is 7.90. The first-order chi connectivity index (χ1) is 14.4. The second-order valence-corrected chi connectivity index (χ2v) is 7.35. The van der Waals surface area contributed by atoms with Crippen molar-refractivity contribution in [3.05, 3.63) is 71.4 Å². The normalized spacial score (nSPS) is 16.7. The number of rotatable bonds is 5. The van der Waals surface area contributed by atoms with Crippen molar-refractivity contribution in [1.29, 1.82) is 0 Å². The zero-order valence-corrected chi connectivity index (χ0v) is 16.0. The minimum Gasteiger partial charge on any atom is -0.480 e. The molecule has 3 aromatic rings. The molecule has 0 aliphatic carbocycles. The molecule has 154 valence electrons. The van der Waals surface area contributed by atoms with E-state index in [-0.39, 0.29) is 19.4 Å². The standard InChI is InChI=1S/C22H21N3O5/c26-20(24-17(21(27)28)10-13-6-2-1-3-7-13)19-11-15-14-8-4-5-9-16(14)23-18(15)12-25(19)22(29)30/h1-9,17,19,23H,10-12H2,(H,24,26)(H,27,28)(H,29,30). The fourth-order valence-corrected chi connectivity index (χ4v) is 3.96. The maximum Gasteiger partial charge on any atom is 0.408 e. The SMILES string of the molecule is O=C(O)C(Cc1ccccc1)NC(=O)C1Cc2c([nH]c3ccccc23)CN1C(=O)O. The molecule has 8 nitrogen and oxygen atoms in total. The van der Waals surface area contributed by atoms with Gasteiger partial charge in [-0.3, -0.25) is 9.69 Å². The van der Waals surface area contributed by atoms with Gasteiger partial charge in [-0.25, -0.2) is 9.59 Å². The maximum atomic E-state index is 13.0. The Labute approximate surface area is 172 Å². The Morgan fingerprint density at radius 1 is 1.07 bits per heavy atom. The molecule has 0 spiro atoms. The van der Waals surface area contributed by atoms with E-state index in [9.17, 15) is 24.6 Å². The van der Waals surface area contributed by atoms with E-state index < -0.39 is 30.1 Å². The van der Waals surface area contributed by atoms with Crippen LogP contribution >= 0.6 is 0 Å². The summed E-state index contributed by atoms with van der Waals surface area (Å²) >= 11 is 0. The van der Waals surface area contributed by atoms with Crippen molar-refractivity contribution in [2.24, 2.45) is 0 Å². The summed E-state index contributed by atoms with van der Waals surface area (Å²) in [5.74, 6) is -1.78. The molecule has 30 heavy (non-hydrogen) atoms. The summed E-state index contributed by atoms with van der Waals surface area (Å²) in [6.45, 7) is 0.0356. The number of H-pyrrole nitrogens is 1. The third-order valence-electron chi connectivity index (χ3n) is 5.45. The van der Waals surface area contributed by atoms with E-state index in [0.29, 0.717) is 0 Å². The monoisotopic (exact) mass is 407 g/mol. The summed E-state index contributed by atoms with van der Waals surface area (Å²) in [4.78, 5) is 40.8. The molecule has 2 unspecified atom stereocenters. The number of hydrogen-bond donors (Lipinski definition) is 4. The first-order valence-electron chi connectivity index (χ1n) is 9.59. The van der Waals surface area contributed by atoms with E-state index in [2.05, 4.69) is 10.3 Å². The van der Waals surface area contributed by atoms with Crippen LogP contribution in [-0.4, -0.2) is 50.2 Å². The Bertz CT molecular complexity index is 1110. The van der Waals surface area contributed by atoms with Gasteiger partial charge >= 0.3 is 12.1 Å². The molecule has 2 heterocycles. The van der Waals surface area contributed by atoms with Crippen molar-refractivity contribution in [2.45, 2.75) is 31.5 Å². The summed E-state index contributed by atoms with van der Waals surface area (Å²) in [6.07, 6.45) is -0.941. The number of carbonyl (C=O) groups excluding carboxylic acids is 1. The van der Waals surface area contributed by atoms with Crippen molar-refractivity contribution in [3.63, 3.8) is 0 Å². The lowest BCUT2D eigenvalue weighted by Gasteiger charge is -2.33. The summed E-state index contributed by atoms with van der Waals surface area (Å²) < 4.78 is 0. The number of nitrogens with one attached hydrogen (secondary N) is 2. The number of aromatic nitrogens is 1. The lowest BCUT2D eigenvalue weighted by molar-refractivity contribution is -0.142. The Hall–Kier alpha value is -3.81. The predicted molar refractivity (Wildman–Crippen MR) is 109 cm³/mol. The number of amides is 2. The number of carboxylic acids is 1. The molecule has 2 amide bonds. The molecule has 0 bridgehead atoms. The van der Waals surface area contributed by atoms with Crippen LogP contribution in [-0.2, 0) is 29.0 Å². The number of carbonyl (C=O) groups is 3. The molecule has 0 radical (unpaired) electrons. The highest BCUT2D eigenvalue weighted by Gasteiger charge is 2.37. The van der Waals surface area contributed by atoms with Crippen LogP contribution in [0.5, 0.6) is 0 Å². The van der Waals surface area contributed by atoms with Gasteiger partial charge in [-0.1, -0.05) is 48.5 Å². The van der Waals surface area contributed by atoms with Crippen molar-refractivity contribution >= 4 is 28.9 Å². The van der Waals surface area contributed by atoms with Crippen LogP contribution < -0.4 is 5.32 Å². The number of benzene rings is 2. The Morgan fingerprint density at radius 2 is 1.77 bits per heavy atom. The van der Waals surface area contributed by atoms with Crippen LogP contribution in [0.1, 0.15) is 16.8 Å². The van der Waals surface area contributed by atoms with Gasteiger partial charge < -0.3 is 20.5 Å². The van der Waals surface area contributed by atoms with E-state index in [1.807, 2.05) is 30.3 Å². The second-order valence-electron chi connectivity index (χ2n) is 7.35. The predicted octanol–water partition coefficient (Wildman–Crippen LogP) is 2.38. The van der Waals surface area contributed by atoms with Gasteiger partial charge in [0, 0.05) is 29.4 Å². The van der Waals surface area contributed by atoms with Gasteiger partial charge in [-0.15, -0.1) is 0 Å². The molecule has 2 atom stereocenters. The van der Waals surface area contributed by atoms with Gasteiger partial charge in [0.05, 0.1) is 6.54 Å². The number of nitrogens with zero attached hydrogens (tertiary/aromatic N) is 1. The molecule has 2 aromatic carbocycles. The van der Waals surface area contributed by atoms with E-state index in [4.69, 9.17) is 0 Å². The van der Waals surface area contributed by atoms with Crippen LogP contribution in [0, 0.1) is 0 Å². The van der Waals surface area contributed by atoms with Crippen LogP contribution in [0.4, 0.5) is 4.79 Å². The van der Waals surface area contributed by atoms with Crippen LogP contribution in [0.2, 0.25) is 0 Å². The Kier molecular flexibility index (Phi) is 5.14. The largest absolute Gasteiger partial charge is 0.480 e. The summed E-state index contributed by atoms with van der Waals surface area (Å²) in [5.41, 5.74) is 3.28. The lowest BCUT2D eigenvalue weighted by Crippen LogP contribution is -2.55. The summed E-state index contributed by atoms with van der Waals surface area (Å²) in [7, 11) is 0. The molecule has 1 aromatic heterocycles. The van der Waals surface area contributed by atoms with Crippen LogP contribution in [0.3, 0.4) is 0 Å². The van der Waals surface area contributed by atoms with E-state index >= 15 is 0 Å². The zero-order valence-electron chi connectivity index (χ0n) is 16.0. The maximum absolute atomic E-state index is 13.0. The highest BCUT2D eigenvalue weighted by molar-refractivity contribution is 5.92. The minimum absolute atomic E-state index is 0.0356. The molecule has 0 fully saturated rings. The molecule has 8 heteroatoms. The number of hydrogen-bond acceptors (Lipinski definition) is 3. The highest BCUT2D eigenvalue weighted by atomic mass is 16.4. The van der Waals surface area contributed by atoms with E-state index in [0.717, 1.165) is 32.6 Å². The first kappa shape index (κ1) is 19.5. The molecular weight excluding hydrogens is 386 g/mol. The van der Waals surface area contributed by atoms with Crippen molar-refractivity contribution in [2.75, 3.05) is 0 Å². The molecular formula is C22H21N3O5. The van der Waals surface area contributed by atoms with Gasteiger partial charge in [0.1, 0.15) is 12.1 Å². The number of aliphatic carboxylic acids is 1. The minimum atomic E-state index is -1.23. The third kappa shape index (κ3) is 3.71. The first-order valence-corrected chi connectivity index (χ1v) is 9.59. The van der Waals surface area contributed by atoms with Gasteiger partial charge in [0.25, 0.3) is 0 Å². The highest BCUT2D eigenvalue weighted by Crippen LogP contribution is 2.30. The summed E-state index contributed by atoms with van der Waals surface area (Å²) in [6, 6.07) is 14.4. The average molecular weight is 407 g/mol. The van der Waals surface area contributed by atoms with Crippen molar-refractivity contribution in [1.82, 2.24) is 15.2 Å². The molecule has 0 saturated carbocycles. The van der Waals surface area contributed by atoms with E-state index in [1.165, 1.54) is 0 Å². The van der Waals surface area contributed by atoms with Gasteiger partial charge in [0.2, 0.25) is 5.91 Å². The zero-order chi connectivity index (χ0) is 21.3. The quantitative estimate of drug-likeness (QED) is 0.517. The van der Waals surface area contributed by atoms with Gasteiger partial charge in [-0.05, 0) is 17.2 Å². The van der Waals surface area contributed by atoms with Crippen LogP contribution in [0.15, 0.2) is 54.6 Å². The molecule has 0 saturated heterocycles. The number of para-hydroxylation sites is 1. The number of aromatic amines is 1. The van der Waals surface area contributed by atoms with E-state index in [1.54, 1.807) is 24.3 Å². The molecule has 1 aliphatic heterocycles. The third-order valence-corrected chi connectivity index (χ3v) is 5.45. The topological polar surface area (TPSA) is 123 Å². The summed E-state index contributed by atoms with van der Waals surface area (Å²) in [5, 5.41) is 22.7. The van der Waals surface area contributed by atoms with Gasteiger partial charge in [0.15, 0.2) is 0 Å². The lowest BCUT2D eigenvalue weighted by atomic mass is 9.96. The van der Waals surface area contributed by atoms with Gasteiger partial charge in [-0.2, -0.15) is 0 Å². The number of fused-ring (bicyclic) bond motifs is 3. The Balaban J connectivity index is 1.59. The fraction of sp³-hybridized carbons (Fsp3) is 0.227. The Morgan fingerprint density at radius 3 is 2.47 bits per heavy atom.